The smallest absolute Gasteiger partial charge is 0.0735 e. The molecule has 0 atom stereocenters. The summed E-state index contributed by atoms with van der Waals surface area (Å²) in [5, 5.41) is 2.12. The van der Waals surface area contributed by atoms with E-state index in [9.17, 15) is 0 Å². The van der Waals surface area contributed by atoms with E-state index in [1.807, 2.05) is 13.0 Å². The van der Waals surface area contributed by atoms with Crippen LogP contribution in [0.15, 0.2) is 18.2 Å². The fourth-order valence-electron chi connectivity index (χ4n) is 1.55. The number of nitrogens with zero attached hydrogens (tertiary/aromatic N) is 1. The van der Waals surface area contributed by atoms with Crippen LogP contribution in [0.4, 0.5) is 0 Å². The lowest BCUT2D eigenvalue weighted by atomic mass is 10.1. The maximum atomic E-state index is 6.07. The standard InChI is InChI=1S/C11H10Cl2N2/c1-6-2-8-9(13)3-7(12)4-10(8)15-11(6)5-14/h2-4H,5,14H2,1H3. The van der Waals surface area contributed by atoms with Gasteiger partial charge in [0, 0.05) is 17.0 Å². The van der Waals surface area contributed by atoms with Gasteiger partial charge in [0.15, 0.2) is 0 Å². The van der Waals surface area contributed by atoms with E-state index < -0.39 is 0 Å². The molecule has 0 bridgehead atoms. The van der Waals surface area contributed by atoms with Gasteiger partial charge in [-0.3, -0.25) is 4.98 Å². The summed E-state index contributed by atoms with van der Waals surface area (Å²) < 4.78 is 0. The Balaban J connectivity index is 2.81. The first-order valence-corrected chi connectivity index (χ1v) is 5.32. The Morgan fingerprint density at radius 2 is 2.00 bits per heavy atom. The summed E-state index contributed by atoms with van der Waals surface area (Å²) in [6.45, 7) is 2.39. The molecule has 78 valence electrons. The number of fused-ring (bicyclic) bond motifs is 1. The number of halogens is 2. The van der Waals surface area contributed by atoms with Crippen LogP contribution in [0.5, 0.6) is 0 Å². The third-order valence-electron chi connectivity index (χ3n) is 2.34. The molecule has 0 amide bonds. The highest BCUT2D eigenvalue weighted by Crippen LogP contribution is 2.28. The van der Waals surface area contributed by atoms with Crippen LogP contribution in [0, 0.1) is 6.92 Å². The molecule has 1 aromatic heterocycles. The van der Waals surface area contributed by atoms with Crippen molar-refractivity contribution >= 4 is 34.1 Å². The maximum absolute atomic E-state index is 6.07. The van der Waals surface area contributed by atoms with Crippen LogP contribution < -0.4 is 5.73 Å². The molecule has 0 aliphatic carbocycles. The van der Waals surface area contributed by atoms with E-state index in [0.717, 1.165) is 22.2 Å². The van der Waals surface area contributed by atoms with E-state index in [1.54, 1.807) is 12.1 Å². The predicted molar refractivity (Wildman–Crippen MR) is 64.4 cm³/mol. The van der Waals surface area contributed by atoms with Gasteiger partial charge >= 0.3 is 0 Å². The van der Waals surface area contributed by atoms with Gasteiger partial charge in [-0.2, -0.15) is 0 Å². The zero-order valence-electron chi connectivity index (χ0n) is 8.22. The number of rotatable bonds is 1. The van der Waals surface area contributed by atoms with Gasteiger partial charge in [-0.15, -0.1) is 0 Å². The monoisotopic (exact) mass is 240 g/mol. The molecule has 0 unspecified atom stereocenters. The Morgan fingerprint density at radius 1 is 1.27 bits per heavy atom. The highest BCUT2D eigenvalue weighted by molar-refractivity contribution is 6.38. The van der Waals surface area contributed by atoms with Crippen LogP contribution in [-0.4, -0.2) is 4.98 Å². The third kappa shape index (κ3) is 1.93. The molecule has 2 aromatic rings. The zero-order chi connectivity index (χ0) is 11.0. The molecule has 0 fully saturated rings. The number of benzene rings is 1. The highest BCUT2D eigenvalue weighted by atomic mass is 35.5. The van der Waals surface area contributed by atoms with Gasteiger partial charge in [0.05, 0.1) is 16.2 Å². The molecule has 1 aromatic carbocycles. The molecule has 1 heterocycles. The molecular formula is C11H10Cl2N2. The molecule has 0 aliphatic rings. The van der Waals surface area contributed by atoms with Gasteiger partial charge in [0.2, 0.25) is 0 Å². The van der Waals surface area contributed by atoms with Crippen LogP contribution in [0.3, 0.4) is 0 Å². The van der Waals surface area contributed by atoms with E-state index in [0.29, 0.717) is 16.6 Å². The molecule has 0 radical (unpaired) electrons. The van der Waals surface area contributed by atoms with Crippen molar-refractivity contribution in [2.75, 3.05) is 0 Å². The van der Waals surface area contributed by atoms with E-state index >= 15 is 0 Å². The lowest BCUT2D eigenvalue weighted by Gasteiger charge is -2.06. The second-order valence-electron chi connectivity index (χ2n) is 3.41. The fraction of sp³-hybridized carbons (Fsp3) is 0.182. The van der Waals surface area contributed by atoms with Gasteiger partial charge in [-0.1, -0.05) is 23.2 Å². The first-order valence-electron chi connectivity index (χ1n) is 4.57. The average Bonchev–Trinajstić information content (AvgIpc) is 2.18. The van der Waals surface area contributed by atoms with Gasteiger partial charge in [-0.25, -0.2) is 0 Å². The number of nitrogens with two attached hydrogens (primary N) is 1. The van der Waals surface area contributed by atoms with Crippen molar-refractivity contribution < 1.29 is 0 Å². The van der Waals surface area contributed by atoms with Crippen molar-refractivity contribution in [2.45, 2.75) is 13.5 Å². The van der Waals surface area contributed by atoms with Crippen LogP contribution in [0.1, 0.15) is 11.3 Å². The van der Waals surface area contributed by atoms with Gasteiger partial charge < -0.3 is 5.73 Å². The summed E-state index contributed by atoms with van der Waals surface area (Å²) >= 11 is 12.0. The Hall–Kier alpha value is -0.830. The molecule has 2 nitrogen and oxygen atoms in total. The number of hydrogen-bond donors (Lipinski definition) is 1. The predicted octanol–water partition coefficient (Wildman–Crippen LogP) is 3.31. The van der Waals surface area contributed by atoms with Crippen molar-refractivity contribution in [3.8, 4) is 0 Å². The Kier molecular flexibility index (Phi) is 2.83. The maximum Gasteiger partial charge on any atom is 0.0735 e. The highest BCUT2D eigenvalue weighted by Gasteiger charge is 2.06. The van der Waals surface area contributed by atoms with Crippen molar-refractivity contribution in [1.29, 1.82) is 0 Å². The van der Waals surface area contributed by atoms with E-state index in [-0.39, 0.29) is 0 Å². The van der Waals surface area contributed by atoms with Crippen molar-refractivity contribution in [1.82, 2.24) is 4.98 Å². The molecule has 0 aliphatic heterocycles. The van der Waals surface area contributed by atoms with Crippen molar-refractivity contribution in [3.63, 3.8) is 0 Å². The molecule has 0 spiro atoms. The second kappa shape index (κ2) is 3.97. The number of pyridine rings is 1. The van der Waals surface area contributed by atoms with Crippen molar-refractivity contribution in [2.24, 2.45) is 5.73 Å². The van der Waals surface area contributed by atoms with Crippen LogP contribution >= 0.6 is 23.2 Å². The van der Waals surface area contributed by atoms with E-state index in [2.05, 4.69) is 4.98 Å². The summed E-state index contributed by atoms with van der Waals surface area (Å²) in [4.78, 5) is 4.42. The third-order valence-corrected chi connectivity index (χ3v) is 2.87. The minimum absolute atomic E-state index is 0.423. The fourth-order valence-corrected chi connectivity index (χ4v) is 2.08. The SMILES string of the molecule is Cc1cc2c(Cl)cc(Cl)cc2nc1CN. The first-order chi connectivity index (χ1) is 7.11. The van der Waals surface area contributed by atoms with Gasteiger partial charge in [0.25, 0.3) is 0 Å². The number of aromatic nitrogens is 1. The molecule has 0 saturated carbocycles. The molecule has 15 heavy (non-hydrogen) atoms. The lowest BCUT2D eigenvalue weighted by Crippen LogP contribution is -2.02. The zero-order valence-corrected chi connectivity index (χ0v) is 9.73. The number of aryl methyl sites for hydroxylation is 1. The molecule has 0 saturated heterocycles. The quantitative estimate of drug-likeness (QED) is 0.831. The number of hydrogen-bond acceptors (Lipinski definition) is 2. The van der Waals surface area contributed by atoms with Crippen LogP contribution in [0.25, 0.3) is 10.9 Å². The Labute approximate surface area is 98.0 Å². The topological polar surface area (TPSA) is 38.9 Å². The summed E-state index contributed by atoms with van der Waals surface area (Å²) in [5.74, 6) is 0. The largest absolute Gasteiger partial charge is 0.325 e. The minimum Gasteiger partial charge on any atom is -0.325 e. The van der Waals surface area contributed by atoms with E-state index in [1.165, 1.54) is 0 Å². The summed E-state index contributed by atoms with van der Waals surface area (Å²) in [5.41, 5.74) is 8.31. The molecule has 2 rings (SSSR count). The normalized spacial score (nSPS) is 10.9. The summed E-state index contributed by atoms with van der Waals surface area (Å²) in [6.07, 6.45) is 0. The van der Waals surface area contributed by atoms with E-state index in [4.69, 9.17) is 28.9 Å². The molecule has 4 heteroatoms. The second-order valence-corrected chi connectivity index (χ2v) is 4.25. The van der Waals surface area contributed by atoms with Crippen molar-refractivity contribution in [3.05, 3.63) is 39.5 Å². The molecule has 2 N–H and O–H groups in total. The Bertz CT molecular complexity index is 523. The summed E-state index contributed by atoms with van der Waals surface area (Å²) in [7, 11) is 0. The molecular weight excluding hydrogens is 231 g/mol. The lowest BCUT2D eigenvalue weighted by molar-refractivity contribution is 0.985. The van der Waals surface area contributed by atoms with Gasteiger partial charge in [0.1, 0.15) is 0 Å². The van der Waals surface area contributed by atoms with Crippen LogP contribution in [0.2, 0.25) is 10.0 Å². The first kappa shape index (κ1) is 10.7. The average molecular weight is 241 g/mol. The Morgan fingerprint density at radius 3 is 2.67 bits per heavy atom. The minimum atomic E-state index is 0.423. The summed E-state index contributed by atoms with van der Waals surface area (Å²) in [6, 6.07) is 5.50. The van der Waals surface area contributed by atoms with Gasteiger partial charge in [-0.05, 0) is 30.7 Å². The van der Waals surface area contributed by atoms with Crippen LogP contribution in [-0.2, 0) is 6.54 Å².